The number of thioether (sulfide) groups is 1. The number of benzene rings is 1. The van der Waals surface area contributed by atoms with Gasteiger partial charge in [0.1, 0.15) is 6.10 Å². The van der Waals surface area contributed by atoms with Crippen LogP contribution < -0.4 is 10.1 Å². The van der Waals surface area contributed by atoms with E-state index in [0.717, 1.165) is 33.7 Å². The summed E-state index contributed by atoms with van der Waals surface area (Å²) < 4.78 is 6.76. The van der Waals surface area contributed by atoms with E-state index in [1.54, 1.807) is 18.3 Å². The van der Waals surface area contributed by atoms with Crippen molar-refractivity contribution in [3.63, 3.8) is 0 Å². The zero-order valence-electron chi connectivity index (χ0n) is 12.7. The Bertz CT molecular complexity index is 700. The van der Waals surface area contributed by atoms with Gasteiger partial charge >= 0.3 is 0 Å². The number of carbonyl (C=O) groups excluding carboxylic acids is 1. The van der Waals surface area contributed by atoms with Crippen molar-refractivity contribution in [2.45, 2.75) is 19.4 Å². The number of nitrogens with one attached hydrogen (secondary N) is 1. The van der Waals surface area contributed by atoms with Crippen LogP contribution in [-0.4, -0.2) is 28.5 Å². The summed E-state index contributed by atoms with van der Waals surface area (Å²) in [5.41, 5.74) is 2.29. The van der Waals surface area contributed by atoms with Gasteiger partial charge in [-0.1, -0.05) is 22.0 Å². The zero-order valence-corrected chi connectivity index (χ0v) is 15.1. The van der Waals surface area contributed by atoms with Gasteiger partial charge in [0.2, 0.25) is 5.88 Å². The number of pyridine rings is 1. The average Bonchev–Trinajstić information content (AvgIpc) is 3.05. The maximum atomic E-state index is 12.3. The van der Waals surface area contributed by atoms with E-state index in [-0.39, 0.29) is 12.0 Å². The molecule has 4 nitrogen and oxygen atoms in total. The van der Waals surface area contributed by atoms with Crippen LogP contribution in [0.2, 0.25) is 0 Å². The lowest BCUT2D eigenvalue weighted by molar-refractivity contribution is 0.102. The second-order valence-corrected chi connectivity index (χ2v) is 7.36. The SMILES string of the molecule is Cc1c(Br)cccc1NC(=O)c1ccc(OC2CCSC2)nc1. The number of nitrogens with zero attached hydrogens (tertiary/aromatic N) is 1. The second-order valence-electron chi connectivity index (χ2n) is 5.36. The third-order valence-electron chi connectivity index (χ3n) is 3.69. The minimum absolute atomic E-state index is 0.179. The predicted octanol–water partition coefficient (Wildman–Crippen LogP) is 4.29. The molecule has 0 bridgehead atoms. The molecule has 23 heavy (non-hydrogen) atoms. The van der Waals surface area contributed by atoms with E-state index >= 15 is 0 Å². The summed E-state index contributed by atoms with van der Waals surface area (Å²) in [5.74, 6) is 2.54. The molecule has 2 aromatic rings. The highest BCUT2D eigenvalue weighted by Crippen LogP contribution is 2.24. The van der Waals surface area contributed by atoms with Crippen molar-refractivity contribution in [1.82, 2.24) is 4.98 Å². The quantitative estimate of drug-likeness (QED) is 0.842. The molecule has 1 aliphatic heterocycles. The van der Waals surface area contributed by atoms with E-state index in [0.29, 0.717) is 11.4 Å². The summed E-state index contributed by atoms with van der Waals surface area (Å²) in [4.78, 5) is 16.6. The van der Waals surface area contributed by atoms with Crippen LogP contribution in [0.25, 0.3) is 0 Å². The molecule has 0 aliphatic carbocycles. The molecule has 1 aromatic carbocycles. The molecule has 1 saturated heterocycles. The first-order valence-corrected chi connectivity index (χ1v) is 9.35. The monoisotopic (exact) mass is 392 g/mol. The van der Waals surface area contributed by atoms with Crippen molar-refractivity contribution in [3.05, 3.63) is 52.1 Å². The van der Waals surface area contributed by atoms with Gasteiger partial charge in [0.15, 0.2) is 0 Å². The van der Waals surface area contributed by atoms with Crippen molar-refractivity contribution >= 4 is 39.3 Å². The lowest BCUT2D eigenvalue weighted by atomic mass is 10.2. The lowest BCUT2D eigenvalue weighted by Gasteiger charge is -2.12. The molecule has 0 spiro atoms. The van der Waals surface area contributed by atoms with Gasteiger partial charge in [0.05, 0.1) is 5.56 Å². The number of aromatic nitrogens is 1. The second kappa shape index (κ2) is 7.36. The smallest absolute Gasteiger partial charge is 0.257 e. The van der Waals surface area contributed by atoms with Gasteiger partial charge < -0.3 is 10.1 Å². The van der Waals surface area contributed by atoms with Gasteiger partial charge in [-0.05, 0) is 42.9 Å². The molecular weight excluding hydrogens is 376 g/mol. The third kappa shape index (κ3) is 4.06. The van der Waals surface area contributed by atoms with Crippen molar-refractivity contribution in [2.24, 2.45) is 0 Å². The van der Waals surface area contributed by atoms with E-state index in [1.165, 1.54) is 0 Å². The minimum atomic E-state index is -0.179. The summed E-state index contributed by atoms with van der Waals surface area (Å²) in [6.45, 7) is 1.95. The highest BCUT2D eigenvalue weighted by Gasteiger charge is 2.17. The van der Waals surface area contributed by atoms with Crippen LogP contribution in [0.3, 0.4) is 0 Å². The van der Waals surface area contributed by atoms with E-state index in [2.05, 4.69) is 26.2 Å². The first kappa shape index (κ1) is 16.3. The van der Waals surface area contributed by atoms with Crippen LogP contribution >= 0.6 is 27.7 Å². The van der Waals surface area contributed by atoms with E-state index in [4.69, 9.17) is 4.74 Å². The Hall–Kier alpha value is -1.53. The predicted molar refractivity (Wildman–Crippen MR) is 97.4 cm³/mol. The molecule has 6 heteroatoms. The van der Waals surface area contributed by atoms with Crippen LogP contribution in [0.15, 0.2) is 41.0 Å². The largest absolute Gasteiger partial charge is 0.473 e. The molecule has 0 radical (unpaired) electrons. The summed E-state index contributed by atoms with van der Waals surface area (Å²) in [7, 11) is 0. The number of ether oxygens (including phenoxy) is 1. The highest BCUT2D eigenvalue weighted by atomic mass is 79.9. The Kier molecular flexibility index (Phi) is 5.23. The number of hydrogen-bond acceptors (Lipinski definition) is 4. The van der Waals surface area contributed by atoms with E-state index in [1.807, 2.05) is 36.9 Å². The molecule has 3 rings (SSSR count). The first-order chi connectivity index (χ1) is 11.1. The standard InChI is InChI=1S/C17H17BrN2O2S/c1-11-14(18)3-2-4-15(11)20-17(21)12-5-6-16(19-9-12)22-13-7-8-23-10-13/h2-6,9,13H,7-8,10H2,1H3,(H,20,21). The summed E-state index contributed by atoms with van der Waals surface area (Å²) in [6, 6.07) is 9.21. The Morgan fingerprint density at radius 2 is 2.26 bits per heavy atom. The maximum Gasteiger partial charge on any atom is 0.257 e. The molecule has 1 aromatic heterocycles. The van der Waals surface area contributed by atoms with Crippen LogP contribution in [-0.2, 0) is 0 Å². The Morgan fingerprint density at radius 3 is 2.96 bits per heavy atom. The number of hydrogen-bond donors (Lipinski definition) is 1. The van der Waals surface area contributed by atoms with Crippen LogP contribution in [0, 0.1) is 6.92 Å². The normalized spacial score (nSPS) is 17.0. The molecule has 1 N–H and O–H groups in total. The van der Waals surface area contributed by atoms with E-state index < -0.39 is 0 Å². The van der Waals surface area contributed by atoms with E-state index in [9.17, 15) is 4.79 Å². The number of halogens is 1. The van der Waals surface area contributed by atoms with Gasteiger partial charge in [0, 0.05) is 28.2 Å². The minimum Gasteiger partial charge on any atom is -0.473 e. The lowest BCUT2D eigenvalue weighted by Crippen LogP contribution is -2.16. The van der Waals surface area contributed by atoms with Gasteiger partial charge in [0.25, 0.3) is 5.91 Å². The molecule has 1 amide bonds. The zero-order chi connectivity index (χ0) is 16.2. The average molecular weight is 393 g/mol. The first-order valence-electron chi connectivity index (χ1n) is 7.40. The van der Waals surface area contributed by atoms with Gasteiger partial charge in [-0.2, -0.15) is 11.8 Å². The van der Waals surface area contributed by atoms with Crippen molar-refractivity contribution < 1.29 is 9.53 Å². The number of anilines is 1. The summed E-state index contributed by atoms with van der Waals surface area (Å²) in [5, 5.41) is 2.91. The highest BCUT2D eigenvalue weighted by molar-refractivity contribution is 9.10. The van der Waals surface area contributed by atoms with Crippen molar-refractivity contribution in [3.8, 4) is 5.88 Å². The maximum absolute atomic E-state index is 12.3. The Balaban J connectivity index is 1.66. The molecule has 0 saturated carbocycles. The topological polar surface area (TPSA) is 51.2 Å². The molecule has 1 unspecified atom stereocenters. The van der Waals surface area contributed by atoms with Crippen molar-refractivity contribution in [2.75, 3.05) is 16.8 Å². The van der Waals surface area contributed by atoms with Gasteiger partial charge in [-0.3, -0.25) is 4.79 Å². The molecule has 120 valence electrons. The fraction of sp³-hybridized carbons (Fsp3) is 0.294. The van der Waals surface area contributed by atoms with Crippen LogP contribution in [0.1, 0.15) is 22.3 Å². The summed E-state index contributed by atoms with van der Waals surface area (Å²) in [6.07, 6.45) is 2.84. The Labute approximate surface area is 148 Å². The number of carbonyl (C=O) groups is 1. The number of amides is 1. The molecule has 1 fully saturated rings. The van der Waals surface area contributed by atoms with Crippen LogP contribution in [0.4, 0.5) is 5.69 Å². The van der Waals surface area contributed by atoms with Gasteiger partial charge in [-0.15, -0.1) is 0 Å². The number of rotatable bonds is 4. The van der Waals surface area contributed by atoms with Crippen LogP contribution in [0.5, 0.6) is 5.88 Å². The van der Waals surface area contributed by atoms with Gasteiger partial charge in [-0.25, -0.2) is 4.98 Å². The molecule has 1 aliphatic rings. The molecule has 2 heterocycles. The summed E-state index contributed by atoms with van der Waals surface area (Å²) >= 11 is 5.35. The fourth-order valence-corrected chi connectivity index (χ4v) is 3.76. The fourth-order valence-electron chi connectivity index (χ4n) is 2.30. The molecular formula is C17H17BrN2O2S. The third-order valence-corrected chi connectivity index (χ3v) is 5.68. The molecule has 1 atom stereocenters. The Morgan fingerprint density at radius 1 is 1.39 bits per heavy atom. The van der Waals surface area contributed by atoms with Crippen molar-refractivity contribution in [1.29, 1.82) is 0 Å².